The SMILES string of the molecule is NNc1ncc(C(=O)Nc2ccc(Br)c(Cl)c2Cl)cc1Cl. The van der Waals surface area contributed by atoms with Crippen molar-refractivity contribution >= 4 is 68.1 Å². The molecule has 0 atom stereocenters. The highest BCUT2D eigenvalue weighted by Crippen LogP contribution is 2.36. The lowest BCUT2D eigenvalue weighted by atomic mass is 10.2. The van der Waals surface area contributed by atoms with Crippen molar-refractivity contribution in [1.82, 2.24) is 4.98 Å². The van der Waals surface area contributed by atoms with Crippen LogP contribution in [-0.4, -0.2) is 10.9 Å². The van der Waals surface area contributed by atoms with Gasteiger partial charge in [0.05, 0.1) is 26.3 Å². The van der Waals surface area contributed by atoms with E-state index in [0.29, 0.717) is 15.2 Å². The van der Waals surface area contributed by atoms with Gasteiger partial charge in [-0.3, -0.25) is 4.79 Å². The Morgan fingerprint density at radius 1 is 1.24 bits per heavy atom. The third kappa shape index (κ3) is 3.59. The van der Waals surface area contributed by atoms with Crippen LogP contribution in [0.3, 0.4) is 0 Å². The Balaban J connectivity index is 2.26. The minimum absolute atomic E-state index is 0.227. The number of nitrogens with zero attached hydrogens (tertiary/aromatic N) is 1. The van der Waals surface area contributed by atoms with Crippen LogP contribution in [0.1, 0.15) is 10.4 Å². The van der Waals surface area contributed by atoms with Crippen molar-refractivity contribution < 1.29 is 4.79 Å². The number of carbonyl (C=O) groups is 1. The molecule has 2 rings (SSSR count). The number of benzene rings is 1. The molecule has 2 aromatic rings. The summed E-state index contributed by atoms with van der Waals surface area (Å²) >= 11 is 21.2. The summed E-state index contributed by atoms with van der Waals surface area (Å²) in [6.07, 6.45) is 1.34. The predicted octanol–water partition coefficient (Wildman–Crippen LogP) is 4.34. The number of nitrogens with two attached hydrogens (primary N) is 1. The third-order valence-electron chi connectivity index (χ3n) is 2.52. The van der Waals surface area contributed by atoms with Gasteiger partial charge in [0.25, 0.3) is 5.91 Å². The Morgan fingerprint density at radius 2 is 1.95 bits per heavy atom. The van der Waals surface area contributed by atoms with Crippen molar-refractivity contribution in [1.29, 1.82) is 0 Å². The van der Waals surface area contributed by atoms with E-state index in [2.05, 4.69) is 31.7 Å². The van der Waals surface area contributed by atoms with E-state index in [4.69, 9.17) is 40.6 Å². The third-order valence-corrected chi connectivity index (χ3v) is 4.58. The Morgan fingerprint density at radius 3 is 2.57 bits per heavy atom. The maximum atomic E-state index is 12.1. The molecule has 0 spiro atoms. The number of nitrogen functional groups attached to an aromatic ring is 1. The molecular formula is C12H8BrCl3N4O. The highest BCUT2D eigenvalue weighted by molar-refractivity contribution is 9.10. The van der Waals surface area contributed by atoms with E-state index in [0.717, 1.165) is 0 Å². The summed E-state index contributed by atoms with van der Waals surface area (Å²) in [5, 5.41) is 3.41. The smallest absolute Gasteiger partial charge is 0.257 e. The quantitative estimate of drug-likeness (QED) is 0.399. The monoisotopic (exact) mass is 408 g/mol. The Labute approximate surface area is 143 Å². The molecule has 5 nitrogen and oxygen atoms in total. The van der Waals surface area contributed by atoms with Crippen LogP contribution in [0.2, 0.25) is 15.1 Å². The van der Waals surface area contributed by atoms with Gasteiger partial charge in [-0.05, 0) is 34.1 Å². The molecule has 0 aliphatic carbocycles. The van der Waals surface area contributed by atoms with Crippen LogP contribution in [0, 0.1) is 0 Å². The first-order chi connectivity index (χ1) is 9.93. The molecule has 21 heavy (non-hydrogen) atoms. The summed E-state index contributed by atoms with van der Waals surface area (Å²) < 4.78 is 0.634. The first kappa shape index (κ1) is 16.3. The molecule has 0 radical (unpaired) electrons. The van der Waals surface area contributed by atoms with Gasteiger partial charge in [-0.2, -0.15) is 0 Å². The summed E-state index contributed by atoms with van der Waals surface area (Å²) in [7, 11) is 0. The molecule has 1 aromatic carbocycles. The van der Waals surface area contributed by atoms with E-state index in [1.807, 2.05) is 0 Å². The van der Waals surface area contributed by atoms with E-state index in [1.54, 1.807) is 12.1 Å². The number of hydrogen-bond donors (Lipinski definition) is 3. The average Bonchev–Trinajstić information content (AvgIpc) is 2.47. The van der Waals surface area contributed by atoms with Gasteiger partial charge in [0, 0.05) is 10.7 Å². The molecule has 1 aromatic heterocycles. The number of carbonyl (C=O) groups excluding carboxylic acids is 1. The highest BCUT2D eigenvalue weighted by Gasteiger charge is 2.14. The van der Waals surface area contributed by atoms with Crippen LogP contribution < -0.4 is 16.6 Å². The van der Waals surface area contributed by atoms with Gasteiger partial charge < -0.3 is 10.7 Å². The Bertz CT molecular complexity index is 711. The molecule has 1 amide bonds. The van der Waals surface area contributed by atoms with E-state index >= 15 is 0 Å². The number of hydrogen-bond acceptors (Lipinski definition) is 4. The molecule has 110 valence electrons. The normalized spacial score (nSPS) is 10.3. The number of anilines is 2. The molecular weight excluding hydrogens is 402 g/mol. The minimum Gasteiger partial charge on any atom is -0.321 e. The number of aromatic nitrogens is 1. The molecule has 1 heterocycles. The van der Waals surface area contributed by atoms with Gasteiger partial charge in [0.1, 0.15) is 0 Å². The van der Waals surface area contributed by atoms with Crippen molar-refractivity contribution in [2.45, 2.75) is 0 Å². The molecule has 0 saturated carbocycles. The molecule has 0 fully saturated rings. The lowest BCUT2D eigenvalue weighted by Crippen LogP contribution is -2.14. The van der Waals surface area contributed by atoms with Crippen molar-refractivity contribution in [2.24, 2.45) is 5.84 Å². The molecule has 0 saturated heterocycles. The predicted molar refractivity (Wildman–Crippen MR) is 89.2 cm³/mol. The van der Waals surface area contributed by atoms with Crippen molar-refractivity contribution in [3.05, 3.63) is 49.5 Å². The zero-order chi connectivity index (χ0) is 15.6. The van der Waals surface area contributed by atoms with Crippen LogP contribution in [0.25, 0.3) is 0 Å². The first-order valence-electron chi connectivity index (χ1n) is 5.51. The topological polar surface area (TPSA) is 80.0 Å². The van der Waals surface area contributed by atoms with Crippen molar-refractivity contribution in [2.75, 3.05) is 10.7 Å². The molecule has 4 N–H and O–H groups in total. The first-order valence-corrected chi connectivity index (χ1v) is 7.43. The Kier molecular flexibility index (Phi) is 5.29. The molecule has 0 aliphatic rings. The fraction of sp³-hybridized carbons (Fsp3) is 0. The van der Waals surface area contributed by atoms with Crippen LogP contribution in [0.4, 0.5) is 11.5 Å². The van der Waals surface area contributed by atoms with Crippen LogP contribution in [-0.2, 0) is 0 Å². The molecule has 0 unspecified atom stereocenters. The lowest BCUT2D eigenvalue weighted by molar-refractivity contribution is 0.102. The zero-order valence-electron chi connectivity index (χ0n) is 10.3. The number of amides is 1. The van der Waals surface area contributed by atoms with E-state index in [1.165, 1.54) is 12.3 Å². The van der Waals surface area contributed by atoms with Gasteiger partial charge in [-0.1, -0.05) is 34.8 Å². The summed E-state index contributed by atoms with van der Waals surface area (Å²) in [4.78, 5) is 16.1. The minimum atomic E-state index is -0.423. The molecule has 9 heteroatoms. The number of rotatable bonds is 3. The fourth-order valence-corrected chi connectivity index (χ4v) is 2.53. The number of halogens is 4. The average molecular weight is 410 g/mol. The summed E-state index contributed by atoms with van der Waals surface area (Å²) in [5.74, 6) is 5.07. The number of nitrogens with one attached hydrogen (secondary N) is 2. The van der Waals surface area contributed by atoms with Gasteiger partial charge in [0.2, 0.25) is 0 Å². The molecule has 0 bridgehead atoms. The number of pyridine rings is 1. The van der Waals surface area contributed by atoms with Crippen LogP contribution >= 0.6 is 50.7 Å². The van der Waals surface area contributed by atoms with Crippen LogP contribution in [0.5, 0.6) is 0 Å². The van der Waals surface area contributed by atoms with Crippen molar-refractivity contribution in [3.8, 4) is 0 Å². The standard InChI is InChI=1S/C12H8BrCl3N4O/c13-6-1-2-8(10(16)9(6)15)19-12(21)5-3-7(14)11(20-17)18-4-5/h1-4H,17H2,(H,18,20)(H,19,21). The van der Waals surface area contributed by atoms with E-state index in [9.17, 15) is 4.79 Å². The van der Waals surface area contributed by atoms with Gasteiger partial charge in [-0.25, -0.2) is 10.8 Å². The van der Waals surface area contributed by atoms with E-state index in [-0.39, 0.29) is 21.4 Å². The summed E-state index contributed by atoms with van der Waals surface area (Å²) in [5.41, 5.74) is 2.96. The maximum Gasteiger partial charge on any atom is 0.257 e. The maximum absolute atomic E-state index is 12.1. The number of hydrazine groups is 1. The summed E-state index contributed by atoms with van der Waals surface area (Å²) in [6.45, 7) is 0. The van der Waals surface area contributed by atoms with Crippen LogP contribution in [0.15, 0.2) is 28.9 Å². The lowest BCUT2D eigenvalue weighted by Gasteiger charge is -2.10. The highest BCUT2D eigenvalue weighted by atomic mass is 79.9. The zero-order valence-corrected chi connectivity index (χ0v) is 14.1. The second-order valence-corrected chi connectivity index (χ2v) is 5.89. The van der Waals surface area contributed by atoms with Gasteiger partial charge >= 0.3 is 0 Å². The second kappa shape index (κ2) is 6.81. The Hall–Kier alpha value is -1.05. The van der Waals surface area contributed by atoms with E-state index < -0.39 is 5.91 Å². The van der Waals surface area contributed by atoms with Crippen molar-refractivity contribution in [3.63, 3.8) is 0 Å². The van der Waals surface area contributed by atoms with Gasteiger partial charge in [-0.15, -0.1) is 0 Å². The summed E-state index contributed by atoms with van der Waals surface area (Å²) in [6, 6.07) is 4.74. The van der Waals surface area contributed by atoms with Gasteiger partial charge in [0.15, 0.2) is 5.82 Å². The molecule has 0 aliphatic heterocycles. The fourth-order valence-electron chi connectivity index (χ4n) is 1.49. The second-order valence-electron chi connectivity index (χ2n) is 3.88. The largest absolute Gasteiger partial charge is 0.321 e.